The molecular formula is C10H16N5O11P3. The molecule has 1 fully saturated rings. The lowest BCUT2D eigenvalue weighted by atomic mass is 10.2. The second kappa shape index (κ2) is 8.10. The number of imidazole rings is 1. The molecule has 3 heterocycles. The lowest BCUT2D eigenvalue weighted by molar-refractivity contribution is 0.0529. The zero-order valence-electron chi connectivity index (χ0n) is 14.3. The molecule has 0 spiro atoms. The molecule has 29 heavy (non-hydrogen) atoms. The van der Waals surface area contributed by atoms with Crippen molar-refractivity contribution in [1.29, 1.82) is 0 Å². The number of phosphoric ester groups is 1. The van der Waals surface area contributed by atoms with E-state index in [1.165, 1.54) is 12.7 Å². The number of phosphoric acid groups is 3. The van der Waals surface area contributed by atoms with Crippen LogP contribution < -0.4 is 5.73 Å². The summed E-state index contributed by atoms with van der Waals surface area (Å²) in [7, 11) is -16.2. The lowest BCUT2D eigenvalue weighted by Gasteiger charge is -2.17. The number of ether oxygens (including phenoxy) is 1. The quantitative estimate of drug-likeness (QED) is 0.318. The molecule has 4 atom stereocenters. The first-order valence-corrected chi connectivity index (χ1v) is 12.2. The predicted molar refractivity (Wildman–Crippen MR) is 92.9 cm³/mol. The van der Waals surface area contributed by atoms with Crippen molar-refractivity contribution < 1.29 is 51.2 Å². The number of nitrogen functional groups attached to an aromatic ring is 1. The maximum atomic E-state index is 11.7. The fourth-order valence-corrected chi connectivity index (χ4v) is 5.66. The van der Waals surface area contributed by atoms with Crippen molar-refractivity contribution in [3.05, 3.63) is 12.7 Å². The zero-order valence-corrected chi connectivity index (χ0v) is 17.0. The van der Waals surface area contributed by atoms with E-state index in [1.54, 1.807) is 4.57 Å². The van der Waals surface area contributed by atoms with Gasteiger partial charge in [0, 0.05) is 0 Å². The smallest absolute Gasteiger partial charge is 0.382 e. The summed E-state index contributed by atoms with van der Waals surface area (Å²) >= 11 is 0. The minimum absolute atomic E-state index is 0.180. The van der Waals surface area contributed by atoms with Crippen LogP contribution in [0.1, 0.15) is 12.5 Å². The SMILES string of the molecule is Nc1ncnc2c1ncn2[C@@H]1CO[C@H](COP(=O)(O)OP(=O)(O)OP(=O)(O)O)C1. The summed E-state index contributed by atoms with van der Waals surface area (Å²) in [4.78, 5) is 47.6. The van der Waals surface area contributed by atoms with Crippen molar-refractivity contribution in [2.75, 3.05) is 18.9 Å². The number of hydrogen-bond acceptors (Lipinski definition) is 11. The molecule has 2 aromatic heterocycles. The van der Waals surface area contributed by atoms with E-state index in [-0.39, 0.29) is 18.5 Å². The topological polar surface area (TPSA) is 239 Å². The van der Waals surface area contributed by atoms with Crippen LogP contribution in [-0.4, -0.2) is 58.4 Å². The van der Waals surface area contributed by atoms with E-state index in [0.717, 1.165) is 0 Å². The fraction of sp³-hybridized carbons (Fsp3) is 0.500. The normalized spacial score (nSPS) is 24.4. The standard InChI is InChI=1S/C10H16N5O11P3/c11-9-8-10(13-4-12-9)15(5-14-8)6-1-7(23-2-6)3-24-28(19,20)26-29(21,22)25-27(16,17)18/h4-7H,1-3H2,(H,19,20)(H,21,22)(H2,11,12,13)(H2,16,17,18)/t6-,7-/m0/s1. The summed E-state index contributed by atoms with van der Waals surface area (Å²) < 4.78 is 52.6. The number of aromatic nitrogens is 4. The second-order valence-corrected chi connectivity index (χ2v) is 10.2. The van der Waals surface area contributed by atoms with E-state index in [2.05, 4.69) is 28.1 Å². The Kier molecular flexibility index (Phi) is 6.26. The molecular weight excluding hydrogens is 459 g/mol. The first-order valence-electron chi connectivity index (χ1n) is 7.68. The third-order valence-corrected chi connectivity index (χ3v) is 7.48. The van der Waals surface area contributed by atoms with Gasteiger partial charge in [-0.1, -0.05) is 0 Å². The van der Waals surface area contributed by atoms with Crippen LogP contribution in [0.2, 0.25) is 0 Å². The van der Waals surface area contributed by atoms with Crippen molar-refractivity contribution in [3.63, 3.8) is 0 Å². The van der Waals surface area contributed by atoms with Gasteiger partial charge in [-0.15, -0.1) is 0 Å². The van der Waals surface area contributed by atoms with E-state index < -0.39 is 36.2 Å². The Bertz CT molecular complexity index is 1040. The van der Waals surface area contributed by atoms with Crippen LogP contribution >= 0.6 is 23.5 Å². The number of rotatable bonds is 8. The molecule has 1 aliphatic rings. The number of anilines is 1. The molecule has 1 aliphatic heterocycles. The van der Waals surface area contributed by atoms with Gasteiger partial charge in [-0.3, -0.25) is 4.52 Å². The van der Waals surface area contributed by atoms with Gasteiger partial charge in [0.05, 0.1) is 31.7 Å². The Balaban J connectivity index is 1.58. The molecule has 2 aromatic rings. The maximum Gasteiger partial charge on any atom is 0.490 e. The van der Waals surface area contributed by atoms with Gasteiger partial charge in [0.1, 0.15) is 11.8 Å². The molecule has 0 aliphatic carbocycles. The van der Waals surface area contributed by atoms with Crippen LogP contribution in [0.15, 0.2) is 12.7 Å². The molecule has 2 unspecified atom stereocenters. The summed E-state index contributed by atoms with van der Waals surface area (Å²) in [5.74, 6) is 0.205. The van der Waals surface area contributed by atoms with Crippen molar-refractivity contribution in [3.8, 4) is 0 Å². The van der Waals surface area contributed by atoms with E-state index in [0.29, 0.717) is 17.6 Å². The van der Waals surface area contributed by atoms with Crippen LogP contribution in [0, 0.1) is 0 Å². The molecule has 162 valence electrons. The van der Waals surface area contributed by atoms with E-state index >= 15 is 0 Å². The number of nitrogens with two attached hydrogens (primary N) is 1. The van der Waals surface area contributed by atoms with Crippen LogP contribution in [0.3, 0.4) is 0 Å². The Morgan fingerprint density at radius 3 is 2.55 bits per heavy atom. The van der Waals surface area contributed by atoms with Gasteiger partial charge >= 0.3 is 23.5 Å². The summed E-state index contributed by atoms with van der Waals surface area (Å²) in [5, 5.41) is 0. The van der Waals surface area contributed by atoms with E-state index in [1.807, 2.05) is 0 Å². The molecule has 6 N–H and O–H groups in total. The second-order valence-electron chi connectivity index (χ2n) is 5.81. The van der Waals surface area contributed by atoms with Crippen LogP contribution in [0.25, 0.3) is 11.2 Å². The summed E-state index contributed by atoms with van der Waals surface area (Å²) in [6, 6.07) is -0.260. The van der Waals surface area contributed by atoms with E-state index in [4.69, 9.17) is 25.2 Å². The summed E-state index contributed by atoms with van der Waals surface area (Å²) in [6.07, 6.45) is 2.36. The molecule has 0 bridgehead atoms. The van der Waals surface area contributed by atoms with Crippen molar-refractivity contribution in [2.45, 2.75) is 18.6 Å². The van der Waals surface area contributed by atoms with Crippen molar-refractivity contribution in [1.82, 2.24) is 19.5 Å². The number of nitrogens with zero attached hydrogens (tertiary/aromatic N) is 4. The molecule has 16 nitrogen and oxygen atoms in total. The van der Waals surface area contributed by atoms with Gasteiger partial charge in [-0.2, -0.15) is 8.62 Å². The molecule has 0 aromatic carbocycles. The van der Waals surface area contributed by atoms with Crippen LogP contribution in [-0.2, 0) is 31.6 Å². The predicted octanol–water partition coefficient (Wildman–Crippen LogP) is 0.0818. The summed E-state index contributed by atoms with van der Waals surface area (Å²) in [5.41, 5.74) is 6.61. The molecule has 1 saturated heterocycles. The van der Waals surface area contributed by atoms with Gasteiger partial charge in [-0.25, -0.2) is 28.6 Å². The lowest BCUT2D eigenvalue weighted by Crippen LogP contribution is -2.14. The fourth-order valence-electron chi connectivity index (χ4n) is 2.61. The van der Waals surface area contributed by atoms with E-state index in [9.17, 15) is 18.6 Å². The zero-order chi connectivity index (χ0) is 21.4. The molecule has 0 amide bonds. The Labute approximate surface area is 162 Å². The Hall–Kier alpha value is -1.28. The highest BCUT2D eigenvalue weighted by atomic mass is 31.3. The molecule has 3 rings (SSSR count). The minimum Gasteiger partial charge on any atom is -0.382 e. The van der Waals surface area contributed by atoms with Gasteiger partial charge in [-0.05, 0) is 6.42 Å². The molecule has 0 saturated carbocycles. The minimum atomic E-state index is -5.56. The van der Waals surface area contributed by atoms with Gasteiger partial charge < -0.3 is 34.6 Å². The van der Waals surface area contributed by atoms with Crippen molar-refractivity contribution >= 4 is 40.4 Å². The average molecular weight is 475 g/mol. The van der Waals surface area contributed by atoms with Crippen LogP contribution in [0.4, 0.5) is 5.82 Å². The molecule has 19 heteroatoms. The first-order chi connectivity index (χ1) is 13.4. The van der Waals surface area contributed by atoms with Gasteiger partial charge in [0.15, 0.2) is 11.5 Å². The van der Waals surface area contributed by atoms with Crippen LogP contribution in [0.5, 0.6) is 0 Å². The van der Waals surface area contributed by atoms with Gasteiger partial charge in [0.25, 0.3) is 0 Å². The average Bonchev–Trinajstić information content (AvgIpc) is 3.16. The maximum absolute atomic E-state index is 11.7. The largest absolute Gasteiger partial charge is 0.490 e. The highest BCUT2D eigenvalue weighted by molar-refractivity contribution is 7.66. The van der Waals surface area contributed by atoms with Crippen molar-refractivity contribution in [2.24, 2.45) is 0 Å². The number of fused-ring (bicyclic) bond motifs is 1. The Morgan fingerprint density at radius 2 is 1.86 bits per heavy atom. The summed E-state index contributed by atoms with van der Waals surface area (Å²) in [6.45, 7) is -0.344. The Morgan fingerprint density at radius 1 is 1.14 bits per heavy atom. The monoisotopic (exact) mass is 475 g/mol. The third-order valence-electron chi connectivity index (χ3n) is 3.68. The van der Waals surface area contributed by atoms with Gasteiger partial charge in [0.2, 0.25) is 0 Å². The number of hydrogen-bond donors (Lipinski definition) is 5. The third kappa shape index (κ3) is 5.87. The highest BCUT2D eigenvalue weighted by Crippen LogP contribution is 2.66. The first kappa shape index (κ1) is 22.4. The molecule has 0 radical (unpaired) electrons. The highest BCUT2D eigenvalue weighted by Gasteiger charge is 2.41.